The molecule has 0 bridgehead atoms. The van der Waals surface area contributed by atoms with E-state index in [0.717, 1.165) is 12.8 Å². The first-order valence-electron chi connectivity index (χ1n) is 5.62. The highest BCUT2D eigenvalue weighted by atomic mass is 16.5. The van der Waals surface area contributed by atoms with Crippen LogP contribution in [0.25, 0.3) is 0 Å². The number of aliphatic hydroxyl groups is 1. The molecule has 1 heterocycles. The van der Waals surface area contributed by atoms with Gasteiger partial charge >= 0.3 is 0 Å². The number of carbonyl (C=O) groups excluding carboxylic acids is 1. The molecular weight excluding hydrogens is 194 g/mol. The van der Waals surface area contributed by atoms with E-state index in [2.05, 4.69) is 5.32 Å². The van der Waals surface area contributed by atoms with Gasteiger partial charge < -0.3 is 15.2 Å². The van der Waals surface area contributed by atoms with Crippen LogP contribution in [0.1, 0.15) is 33.6 Å². The Hall–Kier alpha value is -0.610. The van der Waals surface area contributed by atoms with Gasteiger partial charge in [-0.2, -0.15) is 0 Å². The lowest BCUT2D eigenvalue weighted by Gasteiger charge is -2.17. The van der Waals surface area contributed by atoms with Crippen molar-refractivity contribution in [1.82, 2.24) is 5.32 Å². The molecule has 1 aliphatic heterocycles. The topological polar surface area (TPSA) is 58.6 Å². The van der Waals surface area contributed by atoms with Crippen LogP contribution in [0.15, 0.2) is 0 Å². The number of hydrogen-bond acceptors (Lipinski definition) is 3. The molecule has 3 atom stereocenters. The molecule has 0 radical (unpaired) electrons. The molecule has 0 aliphatic carbocycles. The van der Waals surface area contributed by atoms with E-state index in [1.165, 1.54) is 0 Å². The van der Waals surface area contributed by atoms with E-state index in [0.29, 0.717) is 6.54 Å². The molecule has 4 nitrogen and oxygen atoms in total. The van der Waals surface area contributed by atoms with Crippen molar-refractivity contribution in [2.45, 2.75) is 51.9 Å². The van der Waals surface area contributed by atoms with Crippen molar-refractivity contribution in [1.29, 1.82) is 0 Å². The molecular formula is C11H21NO3. The first-order valence-corrected chi connectivity index (χ1v) is 5.62. The maximum atomic E-state index is 11.6. The quantitative estimate of drug-likeness (QED) is 0.725. The third-order valence-corrected chi connectivity index (χ3v) is 2.78. The summed E-state index contributed by atoms with van der Waals surface area (Å²) in [6.45, 7) is 6.12. The van der Waals surface area contributed by atoms with Gasteiger partial charge in [-0.3, -0.25) is 4.79 Å². The predicted molar refractivity (Wildman–Crippen MR) is 57.4 cm³/mol. The third-order valence-electron chi connectivity index (χ3n) is 2.78. The molecule has 1 fully saturated rings. The Morgan fingerprint density at radius 3 is 2.67 bits per heavy atom. The Morgan fingerprint density at radius 1 is 1.53 bits per heavy atom. The lowest BCUT2D eigenvalue weighted by atomic mass is 10.1. The van der Waals surface area contributed by atoms with Crippen molar-refractivity contribution >= 4 is 5.91 Å². The van der Waals surface area contributed by atoms with Crippen LogP contribution in [-0.2, 0) is 9.53 Å². The number of rotatable bonds is 4. The van der Waals surface area contributed by atoms with Gasteiger partial charge in [0.15, 0.2) is 0 Å². The van der Waals surface area contributed by atoms with Gasteiger partial charge in [-0.1, -0.05) is 13.8 Å². The Bertz CT molecular complexity index is 218. The molecule has 1 saturated heterocycles. The van der Waals surface area contributed by atoms with Crippen LogP contribution in [0.5, 0.6) is 0 Å². The lowest BCUT2D eigenvalue weighted by molar-refractivity contribution is -0.132. The number of ether oxygens (including phenoxy) is 1. The SMILES string of the molecule is CC1CCC(C(=O)NCC(O)C(C)C)O1. The fourth-order valence-electron chi connectivity index (χ4n) is 1.55. The largest absolute Gasteiger partial charge is 0.391 e. The van der Waals surface area contributed by atoms with Crippen LogP contribution in [0.4, 0.5) is 0 Å². The van der Waals surface area contributed by atoms with Gasteiger partial charge in [0.2, 0.25) is 5.91 Å². The first-order chi connectivity index (χ1) is 7.00. The van der Waals surface area contributed by atoms with E-state index in [1.54, 1.807) is 0 Å². The van der Waals surface area contributed by atoms with E-state index >= 15 is 0 Å². The summed E-state index contributed by atoms with van der Waals surface area (Å²) in [7, 11) is 0. The summed E-state index contributed by atoms with van der Waals surface area (Å²) in [6.07, 6.45) is 1.10. The van der Waals surface area contributed by atoms with Crippen LogP contribution < -0.4 is 5.32 Å². The van der Waals surface area contributed by atoms with Crippen LogP contribution in [0, 0.1) is 5.92 Å². The maximum absolute atomic E-state index is 11.6. The molecule has 3 unspecified atom stereocenters. The van der Waals surface area contributed by atoms with Crippen LogP contribution in [0.3, 0.4) is 0 Å². The summed E-state index contributed by atoms with van der Waals surface area (Å²) in [4.78, 5) is 11.6. The van der Waals surface area contributed by atoms with E-state index < -0.39 is 6.10 Å². The Labute approximate surface area is 91.0 Å². The summed E-state index contributed by atoms with van der Waals surface area (Å²) in [5, 5.41) is 12.2. The number of hydrogen-bond donors (Lipinski definition) is 2. The second kappa shape index (κ2) is 5.47. The van der Waals surface area contributed by atoms with Crippen molar-refractivity contribution < 1.29 is 14.6 Å². The first kappa shape index (κ1) is 12.5. The minimum absolute atomic E-state index is 0.0981. The van der Waals surface area contributed by atoms with Gasteiger partial charge in [-0.05, 0) is 25.7 Å². The van der Waals surface area contributed by atoms with Crippen molar-refractivity contribution in [3.05, 3.63) is 0 Å². The molecule has 0 aromatic heterocycles. The lowest BCUT2D eigenvalue weighted by Crippen LogP contribution is -2.40. The van der Waals surface area contributed by atoms with Crippen LogP contribution >= 0.6 is 0 Å². The minimum atomic E-state index is -0.479. The smallest absolute Gasteiger partial charge is 0.249 e. The fraction of sp³-hybridized carbons (Fsp3) is 0.909. The highest BCUT2D eigenvalue weighted by molar-refractivity contribution is 5.81. The molecule has 0 aromatic carbocycles. The molecule has 15 heavy (non-hydrogen) atoms. The molecule has 88 valence electrons. The number of carbonyl (C=O) groups is 1. The second-order valence-corrected chi connectivity index (χ2v) is 4.57. The third kappa shape index (κ3) is 3.80. The summed E-state index contributed by atoms with van der Waals surface area (Å²) in [5.74, 6) is 0.0628. The molecule has 4 heteroatoms. The Kier molecular flexibility index (Phi) is 4.54. The average Bonchev–Trinajstić information content (AvgIpc) is 2.60. The van der Waals surface area contributed by atoms with E-state index in [9.17, 15) is 9.90 Å². The van der Waals surface area contributed by atoms with Gasteiger partial charge in [0, 0.05) is 6.54 Å². The summed E-state index contributed by atoms with van der Waals surface area (Å²) < 4.78 is 5.42. The Morgan fingerprint density at radius 2 is 2.20 bits per heavy atom. The van der Waals surface area contributed by atoms with E-state index in [-0.39, 0.29) is 24.0 Å². The van der Waals surface area contributed by atoms with Gasteiger partial charge in [0.25, 0.3) is 0 Å². The van der Waals surface area contributed by atoms with Gasteiger partial charge in [0.05, 0.1) is 12.2 Å². The molecule has 1 aliphatic rings. The fourth-order valence-corrected chi connectivity index (χ4v) is 1.55. The average molecular weight is 215 g/mol. The van der Waals surface area contributed by atoms with Crippen LogP contribution in [-0.4, -0.2) is 35.9 Å². The minimum Gasteiger partial charge on any atom is -0.391 e. The zero-order chi connectivity index (χ0) is 11.4. The highest BCUT2D eigenvalue weighted by Gasteiger charge is 2.28. The normalized spacial score (nSPS) is 28.1. The van der Waals surface area contributed by atoms with Crippen molar-refractivity contribution in [2.75, 3.05) is 6.54 Å². The van der Waals surface area contributed by atoms with Gasteiger partial charge in [-0.25, -0.2) is 0 Å². The highest BCUT2D eigenvalue weighted by Crippen LogP contribution is 2.18. The van der Waals surface area contributed by atoms with E-state index in [1.807, 2.05) is 20.8 Å². The zero-order valence-corrected chi connectivity index (χ0v) is 9.69. The second-order valence-electron chi connectivity index (χ2n) is 4.57. The molecule has 1 rings (SSSR count). The van der Waals surface area contributed by atoms with Crippen molar-refractivity contribution in [3.8, 4) is 0 Å². The monoisotopic (exact) mass is 215 g/mol. The van der Waals surface area contributed by atoms with Crippen LogP contribution in [0.2, 0.25) is 0 Å². The summed E-state index contributed by atoms with van der Waals surface area (Å²) in [5.41, 5.74) is 0. The van der Waals surface area contributed by atoms with Gasteiger partial charge in [-0.15, -0.1) is 0 Å². The summed E-state index contributed by atoms with van der Waals surface area (Å²) in [6, 6.07) is 0. The number of amides is 1. The number of aliphatic hydroxyl groups excluding tert-OH is 1. The summed E-state index contributed by atoms with van der Waals surface area (Å²) >= 11 is 0. The predicted octanol–water partition coefficient (Wildman–Crippen LogP) is 0.687. The van der Waals surface area contributed by atoms with E-state index in [4.69, 9.17) is 4.74 Å². The molecule has 0 spiro atoms. The maximum Gasteiger partial charge on any atom is 0.249 e. The molecule has 2 N–H and O–H groups in total. The van der Waals surface area contributed by atoms with Crippen molar-refractivity contribution in [3.63, 3.8) is 0 Å². The van der Waals surface area contributed by atoms with Gasteiger partial charge in [0.1, 0.15) is 6.10 Å². The standard InChI is InChI=1S/C11H21NO3/c1-7(2)9(13)6-12-11(14)10-5-4-8(3)15-10/h7-10,13H,4-6H2,1-3H3,(H,12,14). The Balaban J connectivity index is 2.24. The molecule has 0 aromatic rings. The zero-order valence-electron chi connectivity index (χ0n) is 9.69. The molecule has 1 amide bonds. The van der Waals surface area contributed by atoms with Crippen molar-refractivity contribution in [2.24, 2.45) is 5.92 Å². The molecule has 0 saturated carbocycles. The number of nitrogens with one attached hydrogen (secondary N) is 1.